The molecular formula is C27H40N2. The van der Waals surface area contributed by atoms with Crippen LogP contribution >= 0.6 is 0 Å². The molecular weight excluding hydrogens is 352 g/mol. The minimum atomic E-state index is 0.897. The van der Waals surface area contributed by atoms with Gasteiger partial charge in [-0.2, -0.15) is 10.2 Å². The number of aromatic nitrogens is 2. The van der Waals surface area contributed by atoms with Crippen LogP contribution < -0.4 is 0 Å². The quantitative estimate of drug-likeness (QED) is 0.364. The van der Waals surface area contributed by atoms with Crippen molar-refractivity contribution in [3.8, 4) is 11.3 Å². The molecule has 0 N–H and O–H groups in total. The molecule has 2 nitrogen and oxygen atoms in total. The van der Waals surface area contributed by atoms with E-state index in [0.717, 1.165) is 29.6 Å². The summed E-state index contributed by atoms with van der Waals surface area (Å²) in [5.74, 6) is 1.88. The fourth-order valence-electron chi connectivity index (χ4n) is 4.70. The third-order valence-corrected chi connectivity index (χ3v) is 6.89. The van der Waals surface area contributed by atoms with Crippen molar-refractivity contribution in [1.82, 2.24) is 10.2 Å². The topological polar surface area (TPSA) is 25.8 Å². The Morgan fingerprint density at radius 3 is 2.10 bits per heavy atom. The zero-order valence-corrected chi connectivity index (χ0v) is 18.7. The van der Waals surface area contributed by atoms with Gasteiger partial charge in [0.15, 0.2) is 0 Å². The van der Waals surface area contributed by atoms with Crippen LogP contribution in [0.1, 0.15) is 95.7 Å². The Morgan fingerprint density at radius 2 is 1.45 bits per heavy atom. The van der Waals surface area contributed by atoms with Crippen LogP contribution in [-0.2, 0) is 12.8 Å². The van der Waals surface area contributed by atoms with E-state index in [1.165, 1.54) is 88.2 Å². The van der Waals surface area contributed by atoms with Crippen molar-refractivity contribution in [2.75, 3.05) is 0 Å². The van der Waals surface area contributed by atoms with E-state index >= 15 is 0 Å². The molecule has 1 aliphatic rings. The van der Waals surface area contributed by atoms with Crippen LogP contribution in [0, 0.1) is 11.8 Å². The first-order valence-electron chi connectivity index (χ1n) is 12.2. The minimum Gasteiger partial charge on any atom is -0.155 e. The molecule has 1 saturated carbocycles. The molecule has 158 valence electrons. The summed E-state index contributed by atoms with van der Waals surface area (Å²) in [6.07, 6.45) is 17.3. The van der Waals surface area contributed by atoms with Gasteiger partial charge in [0.25, 0.3) is 0 Å². The van der Waals surface area contributed by atoms with Gasteiger partial charge in [0.2, 0.25) is 0 Å². The molecule has 0 amide bonds. The standard InChI is InChI=1S/C27H40N2/c1-3-5-6-7-8-9-23-14-17-25(18-15-23)27-21-20-26(28-29-27)19-16-24-12-10-22(4-2)11-13-24/h14-15,17-18,20-22,24H,3-13,16,19H2,1-2H3. The smallest absolute Gasteiger partial charge is 0.0929 e. The summed E-state index contributed by atoms with van der Waals surface area (Å²) >= 11 is 0. The second-order valence-corrected chi connectivity index (χ2v) is 9.10. The maximum Gasteiger partial charge on any atom is 0.0929 e. The molecule has 0 unspecified atom stereocenters. The van der Waals surface area contributed by atoms with E-state index < -0.39 is 0 Å². The van der Waals surface area contributed by atoms with Crippen LogP contribution in [0.25, 0.3) is 11.3 Å². The van der Waals surface area contributed by atoms with Crippen LogP contribution in [0.4, 0.5) is 0 Å². The van der Waals surface area contributed by atoms with E-state index in [2.05, 4.69) is 60.4 Å². The van der Waals surface area contributed by atoms with Gasteiger partial charge in [-0.05, 0) is 55.2 Å². The van der Waals surface area contributed by atoms with Gasteiger partial charge in [-0.25, -0.2) is 0 Å². The number of rotatable bonds is 11. The molecule has 1 aliphatic carbocycles. The Kier molecular flexibility index (Phi) is 9.18. The molecule has 1 heterocycles. The highest BCUT2D eigenvalue weighted by Gasteiger charge is 2.19. The van der Waals surface area contributed by atoms with Gasteiger partial charge in [0.05, 0.1) is 11.4 Å². The summed E-state index contributed by atoms with van der Waals surface area (Å²) in [6.45, 7) is 4.61. The fourth-order valence-corrected chi connectivity index (χ4v) is 4.70. The molecule has 0 atom stereocenters. The van der Waals surface area contributed by atoms with Gasteiger partial charge in [-0.1, -0.05) is 95.9 Å². The average Bonchev–Trinajstić information content (AvgIpc) is 2.79. The molecule has 0 aliphatic heterocycles. The maximum absolute atomic E-state index is 4.52. The number of nitrogens with zero attached hydrogens (tertiary/aromatic N) is 2. The van der Waals surface area contributed by atoms with E-state index in [-0.39, 0.29) is 0 Å². The van der Waals surface area contributed by atoms with Gasteiger partial charge in [-0.3, -0.25) is 0 Å². The van der Waals surface area contributed by atoms with Crippen LogP contribution in [-0.4, -0.2) is 10.2 Å². The molecule has 29 heavy (non-hydrogen) atoms. The van der Waals surface area contributed by atoms with Crippen molar-refractivity contribution < 1.29 is 0 Å². The first-order chi connectivity index (χ1) is 14.3. The molecule has 0 bridgehead atoms. The zero-order valence-electron chi connectivity index (χ0n) is 18.7. The monoisotopic (exact) mass is 392 g/mol. The Hall–Kier alpha value is -1.70. The van der Waals surface area contributed by atoms with Crippen LogP contribution in [0.2, 0.25) is 0 Å². The summed E-state index contributed by atoms with van der Waals surface area (Å²) in [7, 11) is 0. The van der Waals surface area contributed by atoms with Crippen molar-refractivity contribution in [3.63, 3.8) is 0 Å². The third kappa shape index (κ3) is 7.24. The predicted molar refractivity (Wildman–Crippen MR) is 124 cm³/mol. The van der Waals surface area contributed by atoms with Crippen molar-refractivity contribution in [2.24, 2.45) is 11.8 Å². The van der Waals surface area contributed by atoms with Gasteiger partial charge < -0.3 is 0 Å². The van der Waals surface area contributed by atoms with Gasteiger partial charge in [0, 0.05) is 5.56 Å². The normalized spacial score (nSPS) is 19.4. The van der Waals surface area contributed by atoms with E-state index in [1.807, 2.05) is 0 Å². The molecule has 0 spiro atoms. The van der Waals surface area contributed by atoms with Crippen LogP contribution in [0.15, 0.2) is 36.4 Å². The maximum atomic E-state index is 4.52. The molecule has 3 rings (SSSR count). The van der Waals surface area contributed by atoms with Crippen LogP contribution in [0.3, 0.4) is 0 Å². The molecule has 2 heteroatoms. The number of aryl methyl sites for hydroxylation is 2. The largest absolute Gasteiger partial charge is 0.155 e. The predicted octanol–water partition coefficient (Wildman–Crippen LogP) is 7.81. The van der Waals surface area contributed by atoms with Gasteiger partial charge in [-0.15, -0.1) is 0 Å². The van der Waals surface area contributed by atoms with Crippen molar-refractivity contribution in [3.05, 3.63) is 47.7 Å². The number of benzene rings is 1. The van der Waals surface area contributed by atoms with Gasteiger partial charge >= 0.3 is 0 Å². The summed E-state index contributed by atoms with van der Waals surface area (Å²) in [6, 6.07) is 13.3. The SMILES string of the molecule is CCCCCCCc1ccc(-c2ccc(CCC3CCC(CC)CC3)nn2)cc1. The highest BCUT2D eigenvalue weighted by atomic mass is 15.1. The Labute approximate surface area is 178 Å². The van der Waals surface area contributed by atoms with Crippen molar-refractivity contribution in [2.45, 2.75) is 97.3 Å². The summed E-state index contributed by atoms with van der Waals surface area (Å²) < 4.78 is 0. The highest BCUT2D eigenvalue weighted by molar-refractivity contribution is 5.58. The van der Waals surface area contributed by atoms with E-state index in [0.29, 0.717) is 0 Å². The Bertz CT molecular complexity index is 681. The summed E-state index contributed by atoms with van der Waals surface area (Å²) in [5.41, 5.74) is 4.76. The number of hydrogen-bond donors (Lipinski definition) is 0. The van der Waals surface area contributed by atoms with Crippen molar-refractivity contribution >= 4 is 0 Å². The zero-order chi connectivity index (χ0) is 20.3. The summed E-state index contributed by atoms with van der Waals surface area (Å²) in [4.78, 5) is 0. The van der Waals surface area contributed by atoms with Crippen LogP contribution in [0.5, 0.6) is 0 Å². The lowest BCUT2D eigenvalue weighted by Gasteiger charge is -2.27. The lowest BCUT2D eigenvalue weighted by atomic mass is 9.79. The number of unbranched alkanes of at least 4 members (excludes halogenated alkanes) is 4. The Balaban J connectivity index is 1.43. The lowest BCUT2D eigenvalue weighted by Crippen LogP contribution is -2.14. The first kappa shape index (κ1) is 22.0. The first-order valence-corrected chi connectivity index (χ1v) is 12.2. The highest BCUT2D eigenvalue weighted by Crippen LogP contribution is 2.33. The molecule has 0 radical (unpaired) electrons. The number of hydrogen-bond acceptors (Lipinski definition) is 2. The molecule has 2 aromatic rings. The van der Waals surface area contributed by atoms with Crippen molar-refractivity contribution in [1.29, 1.82) is 0 Å². The Morgan fingerprint density at radius 1 is 0.724 bits per heavy atom. The van der Waals surface area contributed by atoms with E-state index in [1.54, 1.807) is 0 Å². The average molecular weight is 393 g/mol. The molecule has 1 aromatic heterocycles. The van der Waals surface area contributed by atoms with E-state index in [4.69, 9.17) is 0 Å². The second-order valence-electron chi connectivity index (χ2n) is 9.10. The van der Waals surface area contributed by atoms with E-state index in [9.17, 15) is 0 Å². The second kappa shape index (κ2) is 12.1. The lowest BCUT2D eigenvalue weighted by molar-refractivity contribution is 0.258. The fraction of sp³-hybridized carbons (Fsp3) is 0.630. The molecule has 1 fully saturated rings. The summed E-state index contributed by atoms with van der Waals surface area (Å²) in [5, 5.41) is 9.03. The minimum absolute atomic E-state index is 0.897. The molecule has 1 aromatic carbocycles. The van der Waals surface area contributed by atoms with Gasteiger partial charge in [0.1, 0.15) is 0 Å². The third-order valence-electron chi connectivity index (χ3n) is 6.89. The molecule has 0 saturated heterocycles.